The number of halogens is 1. The van der Waals surface area contributed by atoms with Gasteiger partial charge in [-0.3, -0.25) is 9.59 Å². The van der Waals surface area contributed by atoms with E-state index in [1.54, 1.807) is 16.7 Å². The monoisotopic (exact) mass is 406 g/mol. The van der Waals surface area contributed by atoms with Crippen LogP contribution in [0, 0.1) is 5.82 Å². The van der Waals surface area contributed by atoms with Crippen LogP contribution in [0.5, 0.6) is 11.6 Å². The minimum Gasteiger partial charge on any atom is -0.501 e. The summed E-state index contributed by atoms with van der Waals surface area (Å²) in [6.45, 7) is 2.01. The molecule has 3 rings (SSSR count). The molecule has 0 spiro atoms. The van der Waals surface area contributed by atoms with Crippen LogP contribution in [0.4, 0.5) is 4.39 Å². The number of thioether (sulfide) groups is 1. The lowest BCUT2D eigenvalue weighted by molar-refractivity contribution is -0.130. The standard InChI is InChI=1S/C18H19FN4O4S/c1-10(24)23-6-7-28-9-13(23)16-21-14(15(25)18(27)22-16)17(26)20-8-11-2-4-12(19)5-3-11/h2-5,13,25H,6-9H2,1H3,(H,20,26)(H,21,22,27). The van der Waals surface area contributed by atoms with E-state index in [1.807, 2.05) is 0 Å². The van der Waals surface area contributed by atoms with Gasteiger partial charge in [0, 0.05) is 31.5 Å². The van der Waals surface area contributed by atoms with Gasteiger partial charge in [0.25, 0.3) is 11.8 Å². The summed E-state index contributed by atoms with van der Waals surface area (Å²) in [4.78, 5) is 33.9. The Morgan fingerprint density at radius 2 is 2.00 bits per heavy atom. The van der Waals surface area contributed by atoms with Gasteiger partial charge < -0.3 is 20.4 Å². The maximum absolute atomic E-state index is 13.0. The molecule has 2 amide bonds. The van der Waals surface area contributed by atoms with Crippen molar-refractivity contribution in [1.82, 2.24) is 20.2 Å². The van der Waals surface area contributed by atoms with E-state index in [1.165, 1.54) is 31.2 Å². The Morgan fingerprint density at radius 3 is 2.68 bits per heavy atom. The average molecular weight is 406 g/mol. The summed E-state index contributed by atoms with van der Waals surface area (Å²) >= 11 is 1.60. The molecular weight excluding hydrogens is 387 g/mol. The number of hydrogen-bond donors (Lipinski definition) is 3. The molecule has 10 heteroatoms. The molecule has 1 aliphatic rings. The van der Waals surface area contributed by atoms with E-state index in [-0.39, 0.29) is 24.0 Å². The molecule has 148 valence electrons. The molecule has 0 bridgehead atoms. The number of carbonyl (C=O) groups excluding carboxylic acids is 2. The Bertz CT molecular complexity index is 894. The van der Waals surface area contributed by atoms with Crippen molar-refractivity contribution in [3.8, 4) is 11.6 Å². The van der Waals surface area contributed by atoms with Gasteiger partial charge in [0.15, 0.2) is 11.5 Å². The van der Waals surface area contributed by atoms with Gasteiger partial charge in [-0.1, -0.05) is 12.1 Å². The van der Waals surface area contributed by atoms with Crippen molar-refractivity contribution in [2.45, 2.75) is 19.5 Å². The third kappa shape index (κ3) is 4.33. The Labute approximate surface area is 164 Å². The Morgan fingerprint density at radius 1 is 1.29 bits per heavy atom. The number of rotatable bonds is 4. The highest BCUT2D eigenvalue weighted by atomic mass is 32.2. The van der Waals surface area contributed by atoms with Gasteiger partial charge in [0.2, 0.25) is 11.7 Å². The van der Waals surface area contributed by atoms with Crippen LogP contribution < -0.4 is 5.32 Å². The number of nitrogens with zero attached hydrogens (tertiary/aromatic N) is 3. The highest BCUT2D eigenvalue weighted by molar-refractivity contribution is 7.99. The zero-order valence-corrected chi connectivity index (χ0v) is 15.9. The van der Waals surface area contributed by atoms with E-state index < -0.39 is 29.4 Å². The molecule has 28 heavy (non-hydrogen) atoms. The van der Waals surface area contributed by atoms with Gasteiger partial charge in [-0.15, -0.1) is 0 Å². The average Bonchev–Trinajstić information content (AvgIpc) is 2.69. The first-order valence-corrected chi connectivity index (χ1v) is 9.69. The van der Waals surface area contributed by atoms with Gasteiger partial charge in [0.1, 0.15) is 11.9 Å². The van der Waals surface area contributed by atoms with Gasteiger partial charge in [-0.05, 0) is 17.7 Å². The summed E-state index contributed by atoms with van der Waals surface area (Å²) in [5.74, 6) is -1.37. The molecule has 2 aromatic rings. The summed E-state index contributed by atoms with van der Waals surface area (Å²) in [6.07, 6.45) is 0. The Hall–Kier alpha value is -2.88. The number of nitrogens with one attached hydrogen (secondary N) is 1. The molecule has 3 N–H and O–H groups in total. The predicted molar refractivity (Wildman–Crippen MR) is 100 cm³/mol. The topological polar surface area (TPSA) is 116 Å². The third-order valence-corrected chi connectivity index (χ3v) is 5.32. The lowest BCUT2D eigenvalue weighted by atomic mass is 10.2. The third-order valence-electron chi connectivity index (χ3n) is 4.30. The van der Waals surface area contributed by atoms with Crippen molar-refractivity contribution in [3.63, 3.8) is 0 Å². The van der Waals surface area contributed by atoms with E-state index in [9.17, 15) is 24.2 Å². The molecule has 2 heterocycles. The summed E-state index contributed by atoms with van der Waals surface area (Å²) < 4.78 is 13.0. The number of aromatic hydroxyl groups is 2. The van der Waals surface area contributed by atoms with E-state index in [4.69, 9.17) is 0 Å². The molecule has 0 saturated carbocycles. The Balaban J connectivity index is 1.83. The zero-order valence-electron chi connectivity index (χ0n) is 15.1. The van der Waals surface area contributed by atoms with Crippen LogP contribution in [0.15, 0.2) is 24.3 Å². The summed E-state index contributed by atoms with van der Waals surface area (Å²) in [5.41, 5.74) is 0.267. The second-order valence-corrected chi connectivity index (χ2v) is 7.36. The highest BCUT2D eigenvalue weighted by Crippen LogP contribution is 2.32. The van der Waals surface area contributed by atoms with Crippen molar-refractivity contribution in [3.05, 3.63) is 47.2 Å². The fourth-order valence-electron chi connectivity index (χ4n) is 2.83. The van der Waals surface area contributed by atoms with Gasteiger partial charge in [0.05, 0.1) is 0 Å². The second kappa shape index (κ2) is 8.42. The molecule has 1 aliphatic heterocycles. The fourth-order valence-corrected chi connectivity index (χ4v) is 3.87. The SMILES string of the molecule is CC(=O)N1CCSCC1c1nc(O)c(O)c(C(=O)NCc2ccc(F)cc2)n1. The summed E-state index contributed by atoms with van der Waals surface area (Å²) in [5, 5.41) is 22.6. The highest BCUT2D eigenvalue weighted by Gasteiger charge is 2.31. The van der Waals surface area contributed by atoms with Gasteiger partial charge in [-0.2, -0.15) is 16.7 Å². The summed E-state index contributed by atoms with van der Waals surface area (Å²) in [6, 6.07) is 5.06. The van der Waals surface area contributed by atoms with E-state index in [2.05, 4.69) is 15.3 Å². The maximum Gasteiger partial charge on any atom is 0.274 e. The molecule has 8 nitrogen and oxygen atoms in total. The number of amides is 2. The van der Waals surface area contributed by atoms with Crippen LogP contribution in [0.25, 0.3) is 0 Å². The normalized spacial score (nSPS) is 16.6. The van der Waals surface area contributed by atoms with Gasteiger partial charge >= 0.3 is 0 Å². The first kappa shape index (κ1) is 19.9. The molecule has 1 aromatic carbocycles. The quantitative estimate of drug-likeness (QED) is 0.706. The number of aromatic nitrogens is 2. The van der Waals surface area contributed by atoms with Crippen molar-refractivity contribution in [1.29, 1.82) is 0 Å². The van der Waals surface area contributed by atoms with Gasteiger partial charge in [-0.25, -0.2) is 9.37 Å². The van der Waals surface area contributed by atoms with Crippen molar-refractivity contribution in [2.24, 2.45) is 0 Å². The minimum absolute atomic E-state index is 0.0809. The number of hydrogen-bond acceptors (Lipinski definition) is 7. The molecule has 1 saturated heterocycles. The smallest absolute Gasteiger partial charge is 0.274 e. The van der Waals surface area contributed by atoms with E-state index >= 15 is 0 Å². The minimum atomic E-state index is -0.738. The van der Waals surface area contributed by atoms with E-state index in [0.717, 1.165) is 5.75 Å². The Kier molecular flexibility index (Phi) is 5.98. The van der Waals surface area contributed by atoms with Crippen LogP contribution in [0.3, 0.4) is 0 Å². The predicted octanol–water partition coefficient (Wildman–Crippen LogP) is 1.59. The first-order valence-electron chi connectivity index (χ1n) is 8.54. The first-order chi connectivity index (χ1) is 13.4. The lowest BCUT2D eigenvalue weighted by Crippen LogP contribution is -2.40. The van der Waals surface area contributed by atoms with Crippen LogP contribution in [-0.4, -0.2) is 54.9 Å². The summed E-state index contributed by atoms with van der Waals surface area (Å²) in [7, 11) is 0. The van der Waals surface area contributed by atoms with Crippen LogP contribution in [0.2, 0.25) is 0 Å². The number of carbonyl (C=O) groups is 2. The zero-order chi connectivity index (χ0) is 20.3. The van der Waals surface area contributed by atoms with Crippen molar-refractivity contribution < 1.29 is 24.2 Å². The molecule has 1 fully saturated rings. The van der Waals surface area contributed by atoms with Crippen LogP contribution >= 0.6 is 11.8 Å². The molecule has 1 unspecified atom stereocenters. The van der Waals surface area contributed by atoms with Crippen LogP contribution in [0.1, 0.15) is 34.8 Å². The molecule has 0 aliphatic carbocycles. The lowest BCUT2D eigenvalue weighted by Gasteiger charge is -2.33. The number of benzene rings is 1. The maximum atomic E-state index is 13.0. The molecule has 0 radical (unpaired) electrons. The van der Waals surface area contributed by atoms with Crippen LogP contribution in [-0.2, 0) is 11.3 Å². The largest absolute Gasteiger partial charge is 0.501 e. The fraction of sp³-hybridized carbons (Fsp3) is 0.333. The van der Waals surface area contributed by atoms with Crippen molar-refractivity contribution in [2.75, 3.05) is 18.1 Å². The molecule has 1 aromatic heterocycles. The van der Waals surface area contributed by atoms with Crippen molar-refractivity contribution >= 4 is 23.6 Å². The molecular formula is C18H19FN4O4S. The second-order valence-electron chi connectivity index (χ2n) is 6.21. The van der Waals surface area contributed by atoms with E-state index in [0.29, 0.717) is 17.9 Å². The molecule has 1 atom stereocenters.